The molecule has 3 aromatic rings. The van der Waals surface area contributed by atoms with Crippen LogP contribution in [0.15, 0.2) is 48.7 Å². The van der Waals surface area contributed by atoms with E-state index < -0.39 is 0 Å². The Balaban J connectivity index is 2.04. The highest BCUT2D eigenvalue weighted by Crippen LogP contribution is 2.21. The van der Waals surface area contributed by atoms with Gasteiger partial charge in [0.25, 0.3) is 0 Å². The minimum atomic E-state index is 0.592. The normalized spacial score (nSPS) is 10.7. The number of nitrogens with zero attached hydrogens (tertiary/aromatic N) is 2. The van der Waals surface area contributed by atoms with Crippen molar-refractivity contribution < 1.29 is 9.53 Å². The Morgan fingerprint density at radius 3 is 2.85 bits per heavy atom. The van der Waals surface area contributed by atoms with Crippen LogP contribution in [0.4, 0.5) is 0 Å². The van der Waals surface area contributed by atoms with Crippen molar-refractivity contribution in [2.75, 3.05) is 7.11 Å². The molecule has 0 fully saturated rings. The van der Waals surface area contributed by atoms with Gasteiger partial charge in [-0.05, 0) is 12.1 Å². The van der Waals surface area contributed by atoms with Gasteiger partial charge in [0.05, 0.1) is 19.3 Å². The van der Waals surface area contributed by atoms with Gasteiger partial charge in [-0.25, -0.2) is 4.98 Å². The molecule has 0 amide bonds. The zero-order valence-electron chi connectivity index (χ0n) is 11.1. The van der Waals surface area contributed by atoms with Gasteiger partial charge >= 0.3 is 0 Å². The molecular formula is C16H14N2O2. The topological polar surface area (TPSA) is 44.1 Å². The molecule has 3 rings (SSSR count). The number of benzene rings is 1. The van der Waals surface area contributed by atoms with E-state index in [9.17, 15) is 4.79 Å². The standard InChI is InChI=1S/C16H14N2O2/c1-20-16-8-4-5-13(17-16)10-18-9-12(11-19)14-6-2-3-7-15(14)18/h2-9,11H,10H2,1H3. The number of pyridine rings is 1. The molecule has 0 bridgehead atoms. The summed E-state index contributed by atoms with van der Waals surface area (Å²) in [5, 5.41) is 0.963. The average molecular weight is 266 g/mol. The fourth-order valence-corrected chi connectivity index (χ4v) is 2.33. The first-order chi connectivity index (χ1) is 9.81. The van der Waals surface area contributed by atoms with Crippen LogP contribution in [0.3, 0.4) is 0 Å². The number of aromatic nitrogens is 2. The molecule has 2 aromatic heterocycles. The molecule has 100 valence electrons. The van der Waals surface area contributed by atoms with Crippen LogP contribution in [0.5, 0.6) is 5.88 Å². The Bertz CT molecular complexity index is 762. The van der Waals surface area contributed by atoms with E-state index in [1.54, 1.807) is 7.11 Å². The first kappa shape index (κ1) is 12.4. The highest BCUT2D eigenvalue weighted by atomic mass is 16.5. The summed E-state index contributed by atoms with van der Waals surface area (Å²) in [7, 11) is 1.60. The Kier molecular flexibility index (Phi) is 3.21. The first-order valence-electron chi connectivity index (χ1n) is 6.35. The molecule has 2 heterocycles. The van der Waals surface area contributed by atoms with Gasteiger partial charge in [-0.15, -0.1) is 0 Å². The van der Waals surface area contributed by atoms with E-state index in [1.165, 1.54) is 0 Å². The molecule has 0 spiro atoms. The van der Waals surface area contributed by atoms with Crippen molar-refractivity contribution in [1.29, 1.82) is 0 Å². The molecule has 0 atom stereocenters. The number of carbonyl (C=O) groups is 1. The highest BCUT2D eigenvalue weighted by molar-refractivity contribution is 5.97. The molecule has 0 aliphatic carbocycles. The number of ether oxygens (including phenoxy) is 1. The average Bonchev–Trinajstić information content (AvgIpc) is 2.86. The van der Waals surface area contributed by atoms with Gasteiger partial charge < -0.3 is 9.30 Å². The number of para-hydroxylation sites is 1. The Morgan fingerprint density at radius 1 is 1.20 bits per heavy atom. The third-order valence-corrected chi connectivity index (χ3v) is 3.27. The summed E-state index contributed by atoms with van der Waals surface area (Å²) in [6, 6.07) is 13.5. The van der Waals surface area contributed by atoms with Gasteiger partial charge in [0, 0.05) is 28.7 Å². The van der Waals surface area contributed by atoms with Crippen LogP contribution in [0.1, 0.15) is 16.1 Å². The van der Waals surface area contributed by atoms with Gasteiger partial charge in [-0.3, -0.25) is 4.79 Å². The molecular weight excluding hydrogens is 252 g/mol. The van der Waals surface area contributed by atoms with Gasteiger partial charge in [0.1, 0.15) is 0 Å². The fraction of sp³-hybridized carbons (Fsp3) is 0.125. The van der Waals surface area contributed by atoms with Crippen LogP contribution in [0.2, 0.25) is 0 Å². The second-order valence-electron chi connectivity index (χ2n) is 4.52. The zero-order chi connectivity index (χ0) is 13.9. The van der Waals surface area contributed by atoms with Crippen LogP contribution in [-0.4, -0.2) is 22.9 Å². The quantitative estimate of drug-likeness (QED) is 0.682. The summed E-state index contributed by atoms with van der Waals surface area (Å²) in [6.07, 6.45) is 2.75. The lowest BCUT2D eigenvalue weighted by atomic mass is 10.2. The number of hydrogen-bond donors (Lipinski definition) is 0. The summed E-state index contributed by atoms with van der Waals surface area (Å²) < 4.78 is 7.16. The third kappa shape index (κ3) is 2.16. The smallest absolute Gasteiger partial charge is 0.213 e. The highest BCUT2D eigenvalue weighted by Gasteiger charge is 2.08. The number of fused-ring (bicyclic) bond motifs is 1. The molecule has 4 nitrogen and oxygen atoms in total. The van der Waals surface area contributed by atoms with Crippen molar-refractivity contribution in [3.8, 4) is 5.88 Å². The van der Waals surface area contributed by atoms with Crippen molar-refractivity contribution in [3.63, 3.8) is 0 Å². The molecule has 1 aromatic carbocycles. The molecule has 0 aliphatic heterocycles. The molecule has 0 N–H and O–H groups in total. The number of methoxy groups -OCH3 is 1. The lowest BCUT2D eigenvalue weighted by Crippen LogP contribution is -2.01. The van der Waals surface area contributed by atoms with Crippen molar-refractivity contribution in [1.82, 2.24) is 9.55 Å². The van der Waals surface area contributed by atoms with E-state index in [0.717, 1.165) is 22.9 Å². The van der Waals surface area contributed by atoms with Crippen molar-refractivity contribution in [2.45, 2.75) is 6.54 Å². The predicted octanol–water partition coefficient (Wildman–Crippen LogP) is 2.91. The third-order valence-electron chi connectivity index (χ3n) is 3.27. The van der Waals surface area contributed by atoms with Crippen LogP contribution in [-0.2, 0) is 6.54 Å². The Morgan fingerprint density at radius 2 is 2.05 bits per heavy atom. The van der Waals surface area contributed by atoms with E-state index in [2.05, 4.69) is 4.98 Å². The molecule has 0 saturated heterocycles. The van der Waals surface area contributed by atoms with Gasteiger partial charge in [-0.1, -0.05) is 24.3 Å². The minimum absolute atomic E-state index is 0.592. The molecule has 20 heavy (non-hydrogen) atoms. The maximum absolute atomic E-state index is 11.1. The molecule has 0 aliphatic rings. The number of carbonyl (C=O) groups excluding carboxylic acids is 1. The second-order valence-corrected chi connectivity index (χ2v) is 4.52. The van der Waals surface area contributed by atoms with Crippen molar-refractivity contribution in [2.24, 2.45) is 0 Å². The van der Waals surface area contributed by atoms with E-state index >= 15 is 0 Å². The second kappa shape index (κ2) is 5.17. The predicted molar refractivity (Wildman–Crippen MR) is 77.2 cm³/mol. The fourth-order valence-electron chi connectivity index (χ4n) is 2.33. The monoisotopic (exact) mass is 266 g/mol. The van der Waals surface area contributed by atoms with E-state index in [4.69, 9.17) is 4.74 Å². The minimum Gasteiger partial charge on any atom is -0.481 e. The number of aldehydes is 1. The molecule has 4 heteroatoms. The first-order valence-corrected chi connectivity index (χ1v) is 6.35. The van der Waals surface area contributed by atoms with Gasteiger partial charge in [0.15, 0.2) is 6.29 Å². The SMILES string of the molecule is COc1cccc(Cn2cc(C=O)c3ccccc32)n1. The summed E-state index contributed by atoms with van der Waals surface area (Å²) in [5.41, 5.74) is 2.62. The molecule has 0 radical (unpaired) electrons. The summed E-state index contributed by atoms with van der Waals surface area (Å²) in [5.74, 6) is 0.592. The van der Waals surface area contributed by atoms with Gasteiger partial charge in [0.2, 0.25) is 5.88 Å². The van der Waals surface area contributed by atoms with E-state index in [1.807, 2.05) is 53.2 Å². The molecule has 0 saturated carbocycles. The van der Waals surface area contributed by atoms with Crippen molar-refractivity contribution in [3.05, 3.63) is 59.9 Å². The van der Waals surface area contributed by atoms with Crippen LogP contribution in [0.25, 0.3) is 10.9 Å². The van der Waals surface area contributed by atoms with Crippen LogP contribution < -0.4 is 4.74 Å². The van der Waals surface area contributed by atoms with E-state index in [0.29, 0.717) is 18.0 Å². The summed E-state index contributed by atoms with van der Waals surface area (Å²) in [6.45, 7) is 0.603. The van der Waals surface area contributed by atoms with Crippen LogP contribution in [0, 0.1) is 0 Å². The lowest BCUT2D eigenvalue weighted by Gasteiger charge is -2.06. The van der Waals surface area contributed by atoms with Crippen LogP contribution >= 0.6 is 0 Å². The van der Waals surface area contributed by atoms with E-state index in [-0.39, 0.29) is 0 Å². The zero-order valence-corrected chi connectivity index (χ0v) is 11.1. The Hall–Kier alpha value is -2.62. The summed E-state index contributed by atoms with van der Waals surface area (Å²) in [4.78, 5) is 15.5. The molecule has 0 unspecified atom stereocenters. The largest absolute Gasteiger partial charge is 0.481 e. The maximum atomic E-state index is 11.1. The van der Waals surface area contributed by atoms with Crippen molar-refractivity contribution >= 4 is 17.2 Å². The summed E-state index contributed by atoms with van der Waals surface area (Å²) >= 11 is 0. The lowest BCUT2D eigenvalue weighted by molar-refractivity contribution is 0.112. The Labute approximate surface area is 116 Å². The number of hydrogen-bond acceptors (Lipinski definition) is 3. The number of rotatable bonds is 4. The maximum Gasteiger partial charge on any atom is 0.213 e. The van der Waals surface area contributed by atoms with Gasteiger partial charge in [-0.2, -0.15) is 0 Å².